The zero-order valence-electron chi connectivity index (χ0n) is 15.2. The zero-order valence-corrected chi connectivity index (χ0v) is 16.0. The molecule has 2 aromatic rings. The summed E-state index contributed by atoms with van der Waals surface area (Å²) in [6.07, 6.45) is 7.67. The fourth-order valence-electron chi connectivity index (χ4n) is 4.17. The largest absolute Gasteiger partial charge is 0.387 e. The lowest BCUT2D eigenvalue weighted by molar-refractivity contribution is 0.135. The van der Waals surface area contributed by atoms with Gasteiger partial charge in [-0.1, -0.05) is 55.7 Å². The molecule has 2 nitrogen and oxygen atoms in total. The van der Waals surface area contributed by atoms with Crippen molar-refractivity contribution in [1.82, 2.24) is 5.32 Å². The number of thiophene rings is 1. The second kappa shape index (κ2) is 9.51. The summed E-state index contributed by atoms with van der Waals surface area (Å²) in [5, 5.41) is 16.3. The summed E-state index contributed by atoms with van der Waals surface area (Å²) in [6, 6.07) is 14.5. The molecule has 1 heterocycles. The predicted molar refractivity (Wildman–Crippen MR) is 107 cm³/mol. The number of hydrogen-bond acceptors (Lipinski definition) is 3. The maximum absolute atomic E-state index is 10.5. The van der Waals surface area contributed by atoms with Crippen LogP contribution in [0.25, 0.3) is 0 Å². The lowest BCUT2D eigenvalue weighted by Gasteiger charge is -2.30. The molecule has 3 unspecified atom stereocenters. The van der Waals surface area contributed by atoms with Gasteiger partial charge in [-0.15, -0.1) is 11.3 Å². The van der Waals surface area contributed by atoms with E-state index in [9.17, 15) is 5.11 Å². The van der Waals surface area contributed by atoms with Gasteiger partial charge in [0.2, 0.25) is 0 Å². The van der Waals surface area contributed by atoms with Crippen LogP contribution < -0.4 is 5.32 Å². The lowest BCUT2D eigenvalue weighted by Crippen LogP contribution is -2.34. The Morgan fingerprint density at radius 1 is 1.08 bits per heavy atom. The first-order valence-electron chi connectivity index (χ1n) is 9.75. The molecule has 0 spiro atoms. The molecule has 1 aliphatic rings. The summed E-state index contributed by atoms with van der Waals surface area (Å²) in [5.41, 5.74) is 0.990. The van der Waals surface area contributed by atoms with E-state index in [1.807, 2.05) is 41.7 Å². The maximum Gasteiger partial charge on any atom is 0.0940 e. The molecule has 3 rings (SSSR count). The maximum atomic E-state index is 10.5. The van der Waals surface area contributed by atoms with E-state index in [1.54, 1.807) is 4.88 Å². The van der Waals surface area contributed by atoms with Crippen molar-refractivity contribution in [3.63, 3.8) is 0 Å². The highest BCUT2D eigenvalue weighted by Gasteiger charge is 2.26. The zero-order chi connectivity index (χ0) is 17.5. The van der Waals surface area contributed by atoms with Crippen LogP contribution in [0.15, 0.2) is 47.8 Å². The van der Waals surface area contributed by atoms with Crippen LogP contribution in [0.2, 0.25) is 0 Å². The molecule has 1 aromatic carbocycles. The molecular formula is C22H31NOS. The van der Waals surface area contributed by atoms with Crippen LogP contribution >= 0.6 is 11.3 Å². The van der Waals surface area contributed by atoms with E-state index in [0.717, 1.165) is 24.4 Å². The van der Waals surface area contributed by atoms with Gasteiger partial charge < -0.3 is 10.4 Å². The first-order valence-corrected chi connectivity index (χ1v) is 10.6. The van der Waals surface area contributed by atoms with Gasteiger partial charge in [0.25, 0.3) is 0 Å². The first-order chi connectivity index (χ1) is 12.3. The topological polar surface area (TPSA) is 32.3 Å². The third-order valence-electron chi connectivity index (χ3n) is 5.66. The van der Waals surface area contributed by atoms with E-state index >= 15 is 0 Å². The molecule has 0 saturated heterocycles. The highest BCUT2D eigenvalue weighted by molar-refractivity contribution is 7.10. The standard InChI is InChI=1S/C22H31NOS/c1-17(22(24)19-11-6-3-7-12-19)23-15-14-20(21-13-8-16-25-21)18-9-4-2-5-10-18/h3,6-8,11-13,16-18,20,22-24H,2,4-5,9-10,14-15H2,1H3. The Hall–Kier alpha value is -1.16. The molecule has 0 bridgehead atoms. The summed E-state index contributed by atoms with van der Waals surface area (Å²) in [5.74, 6) is 1.51. The van der Waals surface area contributed by atoms with E-state index in [2.05, 4.69) is 29.8 Å². The van der Waals surface area contributed by atoms with Crippen molar-refractivity contribution in [2.45, 2.75) is 63.5 Å². The van der Waals surface area contributed by atoms with Gasteiger partial charge in [0.15, 0.2) is 0 Å². The Bertz CT molecular complexity index is 592. The third kappa shape index (κ3) is 5.16. The third-order valence-corrected chi connectivity index (χ3v) is 6.67. The van der Waals surface area contributed by atoms with E-state index in [1.165, 1.54) is 32.1 Å². The second-order valence-corrected chi connectivity index (χ2v) is 8.39. The van der Waals surface area contributed by atoms with Gasteiger partial charge in [0, 0.05) is 10.9 Å². The summed E-state index contributed by atoms with van der Waals surface area (Å²) in [7, 11) is 0. The molecule has 0 radical (unpaired) electrons. The minimum Gasteiger partial charge on any atom is -0.387 e. The average Bonchev–Trinajstić information content (AvgIpc) is 3.20. The van der Waals surface area contributed by atoms with Gasteiger partial charge in [0.05, 0.1) is 6.10 Å². The van der Waals surface area contributed by atoms with Crippen molar-refractivity contribution >= 4 is 11.3 Å². The molecule has 1 aliphatic carbocycles. The molecular weight excluding hydrogens is 326 g/mol. The van der Waals surface area contributed by atoms with Crippen molar-refractivity contribution in [2.24, 2.45) is 5.92 Å². The highest BCUT2D eigenvalue weighted by Crippen LogP contribution is 2.39. The van der Waals surface area contributed by atoms with Crippen molar-refractivity contribution < 1.29 is 5.11 Å². The Balaban J connectivity index is 1.54. The van der Waals surface area contributed by atoms with E-state index < -0.39 is 6.10 Å². The molecule has 3 atom stereocenters. The van der Waals surface area contributed by atoms with Gasteiger partial charge >= 0.3 is 0 Å². The summed E-state index contributed by atoms with van der Waals surface area (Å²) >= 11 is 1.91. The van der Waals surface area contributed by atoms with Gasteiger partial charge in [0.1, 0.15) is 0 Å². The minimum absolute atomic E-state index is 0.0674. The van der Waals surface area contributed by atoms with Crippen LogP contribution in [0.3, 0.4) is 0 Å². The average molecular weight is 358 g/mol. The lowest BCUT2D eigenvalue weighted by atomic mass is 9.78. The summed E-state index contributed by atoms with van der Waals surface area (Å²) < 4.78 is 0. The van der Waals surface area contributed by atoms with Crippen molar-refractivity contribution in [3.05, 3.63) is 58.3 Å². The highest BCUT2D eigenvalue weighted by atomic mass is 32.1. The Labute approximate surface area is 156 Å². The fraction of sp³-hybridized carbons (Fsp3) is 0.545. The molecule has 1 aromatic heterocycles. The van der Waals surface area contributed by atoms with Gasteiger partial charge in [-0.2, -0.15) is 0 Å². The van der Waals surface area contributed by atoms with Crippen LogP contribution in [0.1, 0.15) is 67.9 Å². The molecule has 3 heteroatoms. The molecule has 25 heavy (non-hydrogen) atoms. The van der Waals surface area contributed by atoms with Crippen LogP contribution in [0, 0.1) is 5.92 Å². The number of aliphatic hydroxyl groups is 1. The minimum atomic E-state index is -0.448. The number of benzene rings is 1. The SMILES string of the molecule is CC(NCCC(c1cccs1)C1CCCCC1)C(O)c1ccccc1. The van der Waals surface area contributed by atoms with Crippen molar-refractivity contribution in [3.8, 4) is 0 Å². The van der Waals surface area contributed by atoms with Gasteiger partial charge in [-0.3, -0.25) is 0 Å². The van der Waals surface area contributed by atoms with Gasteiger partial charge in [-0.25, -0.2) is 0 Å². The van der Waals surface area contributed by atoms with Crippen LogP contribution in [-0.2, 0) is 0 Å². The van der Waals surface area contributed by atoms with Crippen LogP contribution in [0.5, 0.6) is 0 Å². The Kier molecular flexibility index (Phi) is 7.09. The monoisotopic (exact) mass is 357 g/mol. The molecule has 0 amide bonds. The van der Waals surface area contributed by atoms with E-state index in [0.29, 0.717) is 5.92 Å². The smallest absolute Gasteiger partial charge is 0.0940 e. The normalized spacial score (nSPS) is 19.4. The van der Waals surface area contributed by atoms with Crippen LogP contribution in [-0.4, -0.2) is 17.7 Å². The quantitative estimate of drug-likeness (QED) is 0.652. The molecule has 2 N–H and O–H groups in total. The van der Waals surface area contributed by atoms with Gasteiger partial charge in [-0.05, 0) is 61.6 Å². The number of nitrogens with one attached hydrogen (secondary N) is 1. The fourth-order valence-corrected chi connectivity index (χ4v) is 5.12. The summed E-state index contributed by atoms with van der Waals surface area (Å²) in [4.78, 5) is 1.55. The molecule has 1 saturated carbocycles. The Morgan fingerprint density at radius 3 is 2.52 bits per heavy atom. The second-order valence-electron chi connectivity index (χ2n) is 7.41. The molecule has 1 fully saturated rings. The van der Waals surface area contributed by atoms with E-state index in [-0.39, 0.29) is 6.04 Å². The Morgan fingerprint density at radius 2 is 1.84 bits per heavy atom. The van der Waals surface area contributed by atoms with Crippen molar-refractivity contribution in [1.29, 1.82) is 0 Å². The van der Waals surface area contributed by atoms with Crippen molar-refractivity contribution in [2.75, 3.05) is 6.54 Å². The first kappa shape index (κ1) is 18.6. The number of hydrogen-bond donors (Lipinski definition) is 2. The number of aliphatic hydroxyl groups excluding tert-OH is 1. The predicted octanol–water partition coefficient (Wildman–Crippen LogP) is 5.51. The number of rotatable bonds is 8. The van der Waals surface area contributed by atoms with Crippen LogP contribution in [0.4, 0.5) is 0 Å². The van der Waals surface area contributed by atoms with E-state index in [4.69, 9.17) is 0 Å². The molecule has 0 aliphatic heterocycles. The summed E-state index contributed by atoms with van der Waals surface area (Å²) in [6.45, 7) is 3.04. The molecule has 136 valence electrons.